The minimum absolute atomic E-state index is 0. The second-order valence-corrected chi connectivity index (χ2v) is 3.03. The van der Waals surface area contributed by atoms with Crippen molar-refractivity contribution in [2.45, 2.75) is 96.9 Å². The summed E-state index contributed by atoms with van der Waals surface area (Å²) in [4.78, 5) is 19.4. The van der Waals surface area contributed by atoms with Crippen molar-refractivity contribution >= 4 is 20.2 Å². The van der Waals surface area contributed by atoms with E-state index < -0.39 is 0 Å². The summed E-state index contributed by atoms with van der Waals surface area (Å²) in [6.45, 7) is 19.4. The van der Waals surface area contributed by atoms with Gasteiger partial charge >= 0.3 is 0 Å². The van der Waals surface area contributed by atoms with Gasteiger partial charge in [0.05, 0.1) is 0 Å². The molecule has 0 heterocycles. The molecule has 2 amide bonds. The summed E-state index contributed by atoms with van der Waals surface area (Å²) in [5.41, 5.74) is 9.00. The van der Waals surface area contributed by atoms with Crippen LogP contribution < -0.4 is 22.1 Å². The molecule has 0 spiro atoms. The molecule has 177 valence electrons. The van der Waals surface area contributed by atoms with Crippen LogP contribution in [0, 0.1) is 0 Å². The summed E-state index contributed by atoms with van der Waals surface area (Å²) in [5, 5.41) is 4.78. The number of carbonyl (C=O) groups is 2. The van der Waals surface area contributed by atoms with Gasteiger partial charge in [-0.15, -0.1) is 0 Å². The van der Waals surface area contributed by atoms with Gasteiger partial charge in [-0.1, -0.05) is 83.1 Å². The van der Waals surface area contributed by atoms with Crippen LogP contribution in [-0.4, -0.2) is 48.4 Å². The molecule has 6 N–H and O–H groups in total. The number of hydrogen-bond donors (Lipinski definition) is 4. The Morgan fingerprint density at radius 3 is 0.704 bits per heavy atom. The van der Waals surface area contributed by atoms with E-state index in [0.717, 1.165) is 0 Å². The second kappa shape index (κ2) is 179. The van der Waals surface area contributed by atoms with Crippen LogP contribution in [0.4, 0.5) is 0 Å². The first kappa shape index (κ1) is 72.3. The van der Waals surface area contributed by atoms with Gasteiger partial charge in [0, 0.05) is 37.8 Å². The Labute approximate surface area is 179 Å². The smallest absolute Gasteiger partial charge is 0.216 e. The molecule has 0 aliphatic rings. The molecule has 0 aliphatic carbocycles. The van der Waals surface area contributed by atoms with Gasteiger partial charge in [-0.2, -0.15) is 0 Å². The van der Waals surface area contributed by atoms with Crippen LogP contribution in [0.5, 0.6) is 0 Å². The Balaban J connectivity index is -0.0000000106. The van der Waals surface area contributed by atoms with Crippen molar-refractivity contribution in [1.82, 2.24) is 10.6 Å². The van der Waals surface area contributed by atoms with E-state index in [-0.39, 0.29) is 36.5 Å². The van der Waals surface area contributed by atoms with Crippen LogP contribution in [-0.2, 0) is 9.59 Å². The lowest BCUT2D eigenvalue weighted by Gasteiger charge is -1.80. The molecule has 27 heavy (non-hydrogen) atoms. The van der Waals surface area contributed by atoms with Gasteiger partial charge in [0.1, 0.15) is 0 Å². The van der Waals surface area contributed by atoms with E-state index in [4.69, 9.17) is 0 Å². The molecule has 0 aromatic carbocycles. The molecule has 0 rings (SSSR count). The summed E-state index contributed by atoms with van der Waals surface area (Å²) in [7, 11) is 6.20. The van der Waals surface area contributed by atoms with Gasteiger partial charge < -0.3 is 22.1 Å². The van der Waals surface area contributed by atoms with Crippen molar-refractivity contribution in [3.8, 4) is 0 Å². The first-order chi connectivity index (χ1) is 11.4. The SMILES string of the molecule is C.C.CC.CC.CCC.CCC.CN.CN.CNC(C)=O.CNC(C)=O.[2HH].[B]. The zero-order valence-electron chi connectivity index (χ0n) is 20.0. The fraction of sp³-hybridized carbons (Fsp3) is 0.900. The topological polar surface area (TPSA) is 110 Å². The molecule has 7 heteroatoms. The van der Waals surface area contributed by atoms with Crippen molar-refractivity contribution in [2.24, 2.45) is 11.5 Å². The number of amides is 2. The molecule has 3 radical (unpaired) electrons. The maximum absolute atomic E-state index is 9.70. The van der Waals surface area contributed by atoms with Crippen molar-refractivity contribution < 1.29 is 11.0 Å². The van der Waals surface area contributed by atoms with Crippen molar-refractivity contribution in [3.63, 3.8) is 0 Å². The Hall–Kier alpha value is -1.08. The molecule has 0 aromatic heterocycles. The highest BCUT2D eigenvalue weighted by Gasteiger charge is 1.73. The largest absolute Gasteiger partial charge is 0.359 e. The molecular weight excluding hydrogens is 339 g/mol. The quantitative estimate of drug-likeness (QED) is 0.441. The Morgan fingerprint density at radius 1 is 0.667 bits per heavy atom. The number of hydrogen-bond acceptors (Lipinski definition) is 4. The van der Waals surface area contributed by atoms with Gasteiger partial charge in [-0.25, -0.2) is 0 Å². The Kier molecular flexibility index (Phi) is 480. The standard InChI is InChI=1S/2C3H7NO.2C3H8.2C2H6.2CH5N.2CH4.B.H2/c2*1-3(5)4-2;2*1-3-2;4*1-2;;;;/h2*1-2H3,(H,4,5);2*3H2,1-2H3;2*1-2H3;2*2H2,1H3;2*1H4;;1H/i;;;;;;;;;;;1+1. The van der Waals surface area contributed by atoms with E-state index in [0.29, 0.717) is 0 Å². The third-order valence-corrected chi connectivity index (χ3v) is 0.704. The lowest BCUT2D eigenvalue weighted by atomic mass is 10.6. The van der Waals surface area contributed by atoms with Gasteiger partial charge in [0.2, 0.25) is 11.8 Å². The predicted molar refractivity (Wildman–Crippen MR) is 136 cm³/mol. The lowest BCUT2D eigenvalue weighted by Crippen LogP contribution is -2.11. The molecule has 0 aromatic rings. The van der Waals surface area contributed by atoms with E-state index in [2.05, 4.69) is 49.8 Å². The molecule has 0 saturated carbocycles. The van der Waals surface area contributed by atoms with E-state index in [1.807, 2.05) is 27.7 Å². The van der Waals surface area contributed by atoms with E-state index >= 15 is 0 Å². The van der Waals surface area contributed by atoms with Crippen molar-refractivity contribution in [3.05, 3.63) is 0 Å². The normalized spacial score (nSPS) is 4.74. The number of nitrogens with one attached hydrogen (secondary N) is 2. The first-order valence-electron chi connectivity index (χ1n) is 8.89. The summed E-state index contributed by atoms with van der Waals surface area (Å²) < 4.78 is 0. The minimum Gasteiger partial charge on any atom is -0.359 e. The zero-order chi connectivity index (χ0) is 22.0. The third kappa shape index (κ3) is 1530. The van der Waals surface area contributed by atoms with E-state index in [9.17, 15) is 9.59 Å². The molecular formula is C20H62BN4O2. The van der Waals surface area contributed by atoms with Crippen molar-refractivity contribution in [2.75, 3.05) is 28.2 Å². The average Bonchev–Trinajstić information content (AvgIpc) is 2.63. The zero-order valence-corrected chi connectivity index (χ0v) is 20.0. The monoisotopic (exact) mass is 403 g/mol. The van der Waals surface area contributed by atoms with Crippen molar-refractivity contribution in [1.29, 1.82) is 0 Å². The van der Waals surface area contributed by atoms with E-state index in [1.165, 1.54) is 40.8 Å². The first-order valence-corrected chi connectivity index (χ1v) is 8.89. The van der Waals surface area contributed by atoms with Crippen LogP contribution in [0.15, 0.2) is 0 Å². The number of nitrogens with two attached hydrogens (primary N) is 2. The highest BCUT2D eigenvalue weighted by molar-refractivity contribution is 5.75. The maximum atomic E-state index is 9.70. The number of rotatable bonds is 0. The lowest BCUT2D eigenvalue weighted by molar-refractivity contribution is -0.119. The predicted octanol–water partition coefficient (Wildman–Crippen LogP) is 4.68. The molecule has 0 aliphatic heterocycles. The Morgan fingerprint density at radius 2 is 0.704 bits per heavy atom. The summed E-state index contributed by atoms with van der Waals surface area (Å²) in [6, 6.07) is 0. The molecule has 0 unspecified atom stereocenters. The van der Waals surface area contributed by atoms with Gasteiger partial charge in [-0.05, 0) is 14.1 Å². The third-order valence-electron chi connectivity index (χ3n) is 0.704. The highest BCUT2D eigenvalue weighted by Crippen LogP contribution is 1.56. The van der Waals surface area contributed by atoms with Crippen LogP contribution in [0.2, 0.25) is 0 Å². The molecule has 6 nitrogen and oxygen atoms in total. The molecule has 0 fully saturated rings. The van der Waals surface area contributed by atoms with Gasteiger partial charge in [0.25, 0.3) is 0 Å². The highest BCUT2D eigenvalue weighted by atomic mass is 16.1. The fourth-order valence-corrected chi connectivity index (χ4v) is 0. The molecule has 0 saturated heterocycles. The Bertz CT molecular complexity index is 142. The summed E-state index contributed by atoms with van der Waals surface area (Å²) in [6.07, 6.45) is 2.50. The number of carbonyl (C=O) groups excluding carboxylic acids is 2. The average molecular weight is 403 g/mol. The van der Waals surface area contributed by atoms with Crippen LogP contribution in [0.1, 0.15) is 98.4 Å². The second-order valence-electron chi connectivity index (χ2n) is 3.03. The summed E-state index contributed by atoms with van der Waals surface area (Å²) >= 11 is 0. The summed E-state index contributed by atoms with van der Waals surface area (Å²) in [5.74, 6) is 0.00926. The van der Waals surface area contributed by atoms with Gasteiger partial charge in [0.15, 0.2) is 0 Å². The van der Waals surface area contributed by atoms with Crippen LogP contribution in [0.25, 0.3) is 0 Å². The van der Waals surface area contributed by atoms with E-state index in [1.54, 1.807) is 14.1 Å². The minimum atomic E-state index is 0. The van der Waals surface area contributed by atoms with Gasteiger partial charge in [-0.3, -0.25) is 9.59 Å². The van der Waals surface area contributed by atoms with Crippen LogP contribution in [0.3, 0.4) is 0 Å². The maximum Gasteiger partial charge on any atom is 0.216 e. The molecule has 0 bridgehead atoms. The fourth-order valence-electron chi connectivity index (χ4n) is 0. The van der Waals surface area contributed by atoms with Crippen LogP contribution >= 0.6 is 0 Å². The molecule has 0 atom stereocenters.